The number of hydrogen-bond acceptors (Lipinski definition) is 3. The van der Waals surface area contributed by atoms with Gasteiger partial charge in [-0.2, -0.15) is 0 Å². The predicted molar refractivity (Wildman–Crippen MR) is 100 cm³/mol. The van der Waals surface area contributed by atoms with E-state index in [1.165, 1.54) is 11.1 Å². The third-order valence-electron chi connectivity index (χ3n) is 5.05. The zero-order valence-electron chi connectivity index (χ0n) is 14.8. The molecule has 2 N–H and O–H groups in total. The van der Waals surface area contributed by atoms with Gasteiger partial charge in [0.25, 0.3) is 0 Å². The minimum absolute atomic E-state index is 0. The van der Waals surface area contributed by atoms with Crippen LogP contribution in [-0.2, 0) is 22.7 Å². The zero-order valence-corrected chi connectivity index (χ0v) is 15.6. The number of amides is 2. The van der Waals surface area contributed by atoms with Crippen LogP contribution in [0.4, 0.5) is 0 Å². The van der Waals surface area contributed by atoms with Crippen molar-refractivity contribution in [3.63, 3.8) is 0 Å². The molecule has 2 aliphatic rings. The van der Waals surface area contributed by atoms with Crippen molar-refractivity contribution >= 4 is 24.2 Å². The van der Waals surface area contributed by atoms with E-state index in [4.69, 9.17) is 0 Å². The first kappa shape index (κ1) is 19.7. The predicted octanol–water partition coefficient (Wildman–Crippen LogP) is 2.24. The first-order chi connectivity index (χ1) is 11.6. The van der Waals surface area contributed by atoms with E-state index in [0.717, 1.165) is 19.4 Å². The molecule has 138 valence electrons. The van der Waals surface area contributed by atoms with Crippen molar-refractivity contribution in [3.8, 4) is 0 Å². The number of nitrogens with zero attached hydrogens (tertiary/aromatic N) is 1. The molecule has 0 spiro atoms. The number of carbonyl (C=O) groups is 2. The van der Waals surface area contributed by atoms with Crippen LogP contribution in [0.25, 0.3) is 0 Å². The number of fused-ring (bicyclic) bond motifs is 1. The molecule has 3 rings (SSSR count). The van der Waals surface area contributed by atoms with Crippen molar-refractivity contribution in [3.05, 3.63) is 35.4 Å². The first-order valence-electron chi connectivity index (χ1n) is 8.99. The fourth-order valence-electron chi connectivity index (χ4n) is 3.63. The molecule has 1 fully saturated rings. The molecular weight excluding hydrogens is 338 g/mol. The van der Waals surface area contributed by atoms with E-state index in [9.17, 15) is 9.59 Å². The molecule has 6 heteroatoms. The molecule has 0 radical (unpaired) electrons. The van der Waals surface area contributed by atoms with Gasteiger partial charge in [0.15, 0.2) is 0 Å². The summed E-state index contributed by atoms with van der Waals surface area (Å²) in [6.07, 6.45) is 3.01. The molecule has 2 aliphatic heterocycles. The highest BCUT2D eigenvalue weighted by Crippen LogP contribution is 2.23. The molecule has 1 aromatic rings. The van der Waals surface area contributed by atoms with Gasteiger partial charge in [-0.15, -0.1) is 12.4 Å². The Morgan fingerprint density at radius 2 is 1.92 bits per heavy atom. The molecule has 0 bridgehead atoms. The molecule has 0 saturated carbocycles. The number of rotatable bonds is 5. The van der Waals surface area contributed by atoms with E-state index in [2.05, 4.69) is 29.7 Å². The smallest absolute Gasteiger partial charge is 0.223 e. The standard InChI is InChI=1S/C19H27N3O2.ClH/c1-14-11-15(8-10-20-14)19(24)21-9-4-7-18(23)22-12-16-5-2-3-6-17(16)13-22;/h2-3,5-6,14-15,20H,4,7-13H2,1H3,(H,21,24);1H/t14-,15-;/m0./s1. The Kier molecular flexibility index (Phi) is 7.26. The van der Waals surface area contributed by atoms with Gasteiger partial charge in [0.2, 0.25) is 11.8 Å². The van der Waals surface area contributed by atoms with Gasteiger partial charge in [-0.25, -0.2) is 0 Å². The van der Waals surface area contributed by atoms with Crippen molar-refractivity contribution in [2.75, 3.05) is 13.1 Å². The van der Waals surface area contributed by atoms with Crippen LogP contribution >= 0.6 is 12.4 Å². The van der Waals surface area contributed by atoms with E-state index in [-0.39, 0.29) is 30.1 Å². The molecule has 1 saturated heterocycles. The quantitative estimate of drug-likeness (QED) is 0.787. The van der Waals surface area contributed by atoms with Crippen LogP contribution in [0.1, 0.15) is 43.7 Å². The number of nitrogens with one attached hydrogen (secondary N) is 2. The van der Waals surface area contributed by atoms with Crippen molar-refractivity contribution in [2.24, 2.45) is 5.92 Å². The molecule has 2 atom stereocenters. The van der Waals surface area contributed by atoms with Gasteiger partial charge in [0, 0.05) is 38.0 Å². The van der Waals surface area contributed by atoms with E-state index >= 15 is 0 Å². The fraction of sp³-hybridized carbons (Fsp3) is 0.579. The Morgan fingerprint density at radius 3 is 2.56 bits per heavy atom. The number of benzene rings is 1. The SMILES string of the molecule is C[C@H]1C[C@@H](C(=O)NCCCC(=O)N2Cc3ccccc3C2)CCN1.Cl. The second-order valence-corrected chi connectivity index (χ2v) is 6.99. The zero-order chi connectivity index (χ0) is 16.9. The minimum atomic E-state index is 0. The van der Waals surface area contributed by atoms with Crippen LogP contribution < -0.4 is 10.6 Å². The fourth-order valence-corrected chi connectivity index (χ4v) is 3.63. The Bertz CT molecular complexity index is 583. The van der Waals surface area contributed by atoms with Crippen molar-refractivity contribution in [2.45, 2.75) is 51.7 Å². The highest BCUT2D eigenvalue weighted by molar-refractivity contribution is 5.85. The molecule has 1 aromatic carbocycles. The molecule has 25 heavy (non-hydrogen) atoms. The van der Waals surface area contributed by atoms with Gasteiger partial charge >= 0.3 is 0 Å². The van der Waals surface area contributed by atoms with E-state index in [1.54, 1.807) is 0 Å². The van der Waals surface area contributed by atoms with Gasteiger partial charge in [-0.05, 0) is 43.9 Å². The molecule has 0 unspecified atom stereocenters. The van der Waals surface area contributed by atoms with Crippen LogP contribution in [0.2, 0.25) is 0 Å². The summed E-state index contributed by atoms with van der Waals surface area (Å²) in [4.78, 5) is 26.4. The summed E-state index contributed by atoms with van der Waals surface area (Å²) in [6, 6.07) is 8.62. The summed E-state index contributed by atoms with van der Waals surface area (Å²) >= 11 is 0. The maximum Gasteiger partial charge on any atom is 0.223 e. The number of halogens is 1. The first-order valence-corrected chi connectivity index (χ1v) is 8.99. The van der Waals surface area contributed by atoms with E-state index < -0.39 is 0 Å². The number of carbonyl (C=O) groups excluding carboxylic acids is 2. The van der Waals surface area contributed by atoms with Crippen LogP contribution in [0, 0.1) is 5.92 Å². The second kappa shape index (κ2) is 9.20. The lowest BCUT2D eigenvalue weighted by Gasteiger charge is -2.27. The molecule has 2 heterocycles. The maximum absolute atomic E-state index is 12.3. The van der Waals surface area contributed by atoms with Gasteiger partial charge in [-0.3, -0.25) is 9.59 Å². The number of hydrogen-bond donors (Lipinski definition) is 2. The van der Waals surface area contributed by atoms with Gasteiger partial charge in [0.1, 0.15) is 0 Å². The Balaban J connectivity index is 0.00000225. The lowest BCUT2D eigenvalue weighted by molar-refractivity contribution is -0.132. The third kappa shape index (κ3) is 5.19. The molecule has 0 aliphatic carbocycles. The van der Waals surface area contributed by atoms with E-state index in [0.29, 0.717) is 38.5 Å². The van der Waals surface area contributed by atoms with Crippen LogP contribution in [0.5, 0.6) is 0 Å². The summed E-state index contributed by atoms with van der Waals surface area (Å²) < 4.78 is 0. The normalized spacial score (nSPS) is 22.0. The van der Waals surface area contributed by atoms with Crippen molar-refractivity contribution < 1.29 is 9.59 Å². The molecular formula is C19H28ClN3O2. The highest BCUT2D eigenvalue weighted by atomic mass is 35.5. The molecule has 5 nitrogen and oxygen atoms in total. The molecule has 0 aromatic heterocycles. The van der Waals surface area contributed by atoms with Gasteiger partial charge < -0.3 is 15.5 Å². The maximum atomic E-state index is 12.3. The summed E-state index contributed by atoms with van der Waals surface area (Å²) in [5, 5.41) is 6.36. The summed E-state index contributed by atoms with van der Waals surface area (Å²) in [5.41, 5.74) is 2.50. The Labute approximate surface area is 155 Å². The average Bonchev–Trinajstić information content (AvgIpc) is 3.02. The third-order valence-corrected chi connectivity index (χ3v) is 5.05. The van der Waals surface area contributed by atoms with Gasteiger partial charge in [0.05, 0.1) is 0 Å². The van der Waals surface area contributed by atoms with Crippen molar-refractivity contribution in [1.29, 1.82) is 0 Å². The Morgan fingerprint density at radius 1 is 1.24 bits per heavy atom. The van der Waals surface area contributed by atoms with E-state index in [1.807, 2.05) is 17.0 Å². The minimum Gasteiger partial charge on any atom is -0.356 e. The lowest BCUT2D eigenvalue weighted by Crippen LogP contribution is -2.42. The lowest BCUT2D eigenvalue weighted by atomic mass is 9.92. The largest absolute Gasteiger partial charge is 0.356 e. The molecule has 2 amide bonds. The average molecular weight is 366 g/mol. The van der Waals surface area contributed by atoms with Crippen LogP contribution in [0.15, 0.2) is 24.3 Å². The summed E-state index contributed by atoms with van der Waals surface area (Å²) in [5.74, 6) is 0.436. The summed E-state index contributed by atoms with van der Waals surface area (Å²) in [7, 11) is 0. The number of piperidine rings is 1. The highest BCUT2D eigenvalue weighted by Gasteiger charge is 2.25. The van der Waals surface area contributed by atoms with Crippen molar-refractivity contribution in [1.82, 2.24) is 15.5 Å². The van der Waals surface area contributed by atoms with Crippen LogP contribution in [-0.4, -0.2) is 35.8 Å². The Hall–Kier alpha value is -1.59. The van der Waals surface area contributed by atoms with Gasteiger partial charge in [-0.1, -0.05) is 24.3 Å². The van der Waals surface area contributed by atoms with Crippen LogP contribution in [0.3, 0.4) is 0 Å². The monoisotopic (exact) mass is 365 g/mol. The second-order valence-electron chi connectivity index (χ2n) is 6.99. The topological polar surface area (TPSA) is 61.4 Å². The summed E-state index contributed by atoms with van der Waals surface area (Å²) in [6.45, 7) is 5.05.